The van der Waals surface area contributed by atoms with Crippen molar-refractivity contribution in [3.8, 4) is 0 Å². The van der Waals surface area contributed by atoms with Crippen LogP contribution in [0.25, 0.3) is 0 Å². The van der Waals surface area contributed by atoms with Gasteiger partial charge in [0, 0.05) is 50.4 Å². The topological polar surface area (TPSA) is 93.0 Å². The van der Waals surface area contributed by atoms with E-state index in [9.17, 15) is 19.7 Å². The van der Waals surface area contributed by atoms with Crippen molar-refractivity contribution in [2.75, 3.05) is 33.3 Å². The Morgan fingerprint density at radius 3 is 2.34 bits per heavy atom. The number of benzene rings is 2. The fourth-order valence-corrected chi connectivity index (χ4v) is 3.40. The molecule has 1 aliphatic heterocycles. The molecule has 2 aromatic carbocycles. The van der Waals surface area contributed by atoms with Gasteiger partial charge in [0.05, 0.1) is 17.6 Å². The van der Waals surface area contributed by atoms with Gasteiger partial charge in [-0.25, -0.2) is 4.79 Å². The summed E-state index contributed by atoms with van der Waals surface area (Å²) in [5.74, 6) is -1.04. The number of rotatable bonds is 5. The van der Waals surface area contributed by atoms with Crippen LogP contribution in [-0.2, 0) is 11.3 Å². The molecule has 3 rings (SSSR count). The molecule has 2 aromatic rings. The summed E-state index contributed by atoms with van der Waals surface area (Å²) in [4.78, 5) is 39.2. The first kappa shape index (κ1) is 20.5. The monoisotopic (exact) mass is 397 g/mol. The van der Waals surface area contributed by atoms with E-state index in [0.29, 0.717) is 26.2 Å². The Hall–Kier alpha value is -3.26. The van der Waals surface area contributed by atoms with Crippen LogP contribution in [-0.4, -0.2) is 59.9 Å². The number of carbonyl (C=O) groups excluding carboxylic acids is 2. The quantitative estimate of drug-likeness (QED) is 0.437. The number of amides is 1. The Balaban J connectivity index is 1.70. The third-order valence-electron chi connectivity index (χ3n) is 5.11. The molecule has 1 saturated heterocycles. The van der Waals surface area contributed by atoms with E-state index in [4.69, 9.17) is 0 Å². The van der Waals surface area contributed by atoms with Crippen molar-refractivity contribution in [2.45, 2.75) is 13.5 Å². The highest BCUT2D eigenvalue weighted by Gasteiger charge is 2.25. The molecule has 8 nitrogen and oxygen atoms in total. The van der Waals surface area contributed by atoms with Crippen LogP contribution in [0.1, 0.15) is 31.8 Å². The molecule has 0 atom stereocenters. The van der Waals surface area contributed by atoms with Crippen molar-refractivity contribution in [3.05, 3.63) is 74.8 Å². The number of hydrogen-bond acceptors (Lipinski definition) is 6. The Bertz CT molecular complexity index is 936. The number of ether oxygens (including phenoxy) is 1. The second kappa shape index (κ2) is 8.83. The van der Waals surface area contributed by atoms with E-state index in [-0.39, 0.29) is 22.7 Å². The normalized spacial score (nSPS) is 14.5. The lowest BCUT2D eigenvalue weighted by atomic mass is 10.1. The molecule has 1 amide bonds. The van der Waals surface area contributed by atoms with Crippen LogP contribution in [0.4, 0.5) is 5.69 Å². The highest BCUT2D eigenvalue weighted by Crippen LogP contribution is 2.20. The van der Waals surface area contributed by atoms with E-state index >= 15 is 0 Å². The zero-order valence-electron chi connectivity index (χ0n) is 16.5. The maximum absolute atomic E-state index is 12.9. The molecule has 0 bridgehead atoms. The third-order valence-corrected chi connectivity index (χ3v) is 5.11. The molecule has 1 fully saturated rings. The van der Waals surface area contributed by atoms with Crippen molar-refractivity contribution in [3.63, 3.8) is 0 Å². The van der Waals surface area contributed by atoms with Gasteiger partial charge in [-0.3, -0.25) is 19.8 Å². The predicted octanol–water partition coefficient (Wildman–Crippen LogP) is 2.65. The lowest BCUT2D eigenvalue weighted by molar-refractivity contribution is -0.384. The zero-order valence-corrected chi connectivity index (χ0v) is 16.5. The van der Waals surface area contributed by atoms with E-state index in [1.54, 1.807) is 4.90 Å². The van der Waals surface area contributed by atoms with Crippen LogP contribution in [0.5, 0.6) is 0 Å². The fourth-order valence-electron chi connectivity index (χ4n) is 3.40. The maximum atomic E-state index is 12.9. The Kier molecular flexibility index (Phi) is 6.23. The number of esters is 1. The molecule has 0 spiro atoms. The number of piperazine rings is 1. The largest absolute Gasteiger partial charge is 0.465 e. The number of non-ortho nitro benzene ring substituents is 1. The Morgan fingerprint density at radius 1 is 1.07 bits per heavy atom. The highest BCUT2D eigenvalue weighted by atomic mass is 16.6. The molecule has 1 aliphatic rings. The second-order valence-corrected chi connectivity index (χ2v) is 7.01. The Labute approximate surface area is 168 Å². The van der Waals surface area contributed by atoms with Crippen molar-refractivity contribution in [2.24, 2.45) is 0 Å². The highest BCUT2D eigenvalue weighted by molar-refractivity contribution is 5.99. The summed E-state index contributed by atoms with van der Waals surface area (Å²) in [7, 11) is 1.19. The fraction of sp³-hybridized carbons (Fsp3) is 0.333. The minimum Gasteiger partial charge on any atom is -0.465 e. The van der Waals surface area contributed by atoms with Gasteiger partial charge in [-0.1, -0.05) is 24.3 Å². The van der Waals surface area contributed by atoms with Crippen LogP contribution in [0.3, 0.4) is 0 Å². The number of nitro benzene ring substituents is 1. The lowest BCUT2D eigenvalue weighted by Crippen LogP contribution is -2.48. The number of aryl methyl sites for hydroxylation is 1. The van der Waals surface area contributed by atoms with Crippen molar-refractivity contribution < 1.29 is 19.2 Å². The molecule has 0 unspecified atom stereocenters. The number of methoxy groups -OCH3 is 1. The minimum atomic E-state index is -0.717. The standard InChI is InChI=1S/C21H23N3O5/c1-15-5-3-4-6-16(15)14-22-7-9-23(10-8-22)20(25)17-11-18(21(26)29-2)13-19(12-17)24(27)28/h3-6,11-13H,7-10,14H2,1-2H3. The first-order valence-electron chi connectivity index (χ1n) is 9.33. The van der Waals surface area contributed by atoms with Gasteiger partial charge in [0.1, 0.15) is 0 Å². The van der Waals surface area contributed by atoms with E-state index in [2.05, 4.69) is 28.7 Å². The molecule has 1 heterocycles. The van der Waals surface area contributed by atoms with E-state index in [1.807, 2.05) is 12.1 Å². The predicted molar refractivity (Wildman–Crippen MR) is 107 cm³/mol. The molecule has 0 saturated carbocycles. The molecular formula is C21H23N3O5. The average Bonchev–Trinajstić information content (AvgIpc) is 2.74. The molecule has 8 heteroatoms. The van der Waals surface area contributed by atoms with Crippen molar-refractivity contribution >= 4 is 17.6 Å². The van der Waals surface area contributed by atoms with Gasteiger partial charge < -0.3 is 9.64 Å². The van der Waals surface area contributed by atoms with E-state index in [0.717, 1.165) is 12.6 Å². The van der Waals surface area contributed by atoms with Gasteiger partial charge in [0.25, 0.3) is 11.6 Å². The SMILES string of the molecule is COC(=O)c1cc(C(=O)N2CCN(Cc3ccccc3C)CC2)cc([N+](=O)[O-])c1. The molecule has 29 heavy (non-hydrogen) atoms. The zero-order chi connectivity index (χ0) is 21.0. The minimum absolute atomic E-state index is 0.0109. The van der Waals surface area contributed by atoms with Crippen LogP contribution in [0.15, 0.2) is 42.5 Å². The summed E-state index contributed by atoms with van der Waals surface area (Å²) >= 11 is 0. The average molecular weight is 397 g/mol. The number of carbonyl (C=O) groups is 2. The first-order valence-corrected chi connectivity index (χ1v) is 9.33. The summed E-state index contributed by atoms with van der Waals surface area (Å²) in [5.41, 5.74) is 2.29. The summed E-state index contributed by atoms with van der Waals surface area (Å²) in [5, 5.41) is 11.2. The number of hydrogen-bond donors (Lipinski definition) is 0. The van der Waals surface area contributed by atoms with Gasteiger partial charge in [-0.2, -0.15) is 0 Å². The summed E-state index contributed by atoms with van der Waals surface area (Å²) < 4.78 is 4.64. The summed E-state index contributed by atoms with van der Waals surface area (Å²) in [6, 6.07) is 11.9. The van der Waals surface area contributed by atoms with Gasteiger partial charge in [-0.15, -0.1) is 0 Å². The van der Waals surface area contributed by atoms with Gasteiger partial charge in [0.15, 0.2) is 0 Å². The van der Waals surface area contributed by atoms with Gasteiger partial charge in [-0.05, 0) is 24.1 Å². The van der Waals surface area contributed by atoms with Crippen LogP contribution in [0, 0.1) is 17.0 Å². The van der Waals surface area contributed by atoms with Gasteiger partial charge in [0.2, 0.25) is 0 Å². The first-order chi connectivity index (χ1) is 13.9. The molecular weight excluding hydrogens is 374 g/mol. The third kappa shape index (κ3) is 4.78. The van der Waals surface area contributed by atoms with Crippen molar-refractivity contribution in [1.82, 2.24) is 9.80 Å². The number of nitro groups is 1. The van der Waals surface area contributed by atoms with Crippen LogP contribution in [0.2, 0.25) is 0 Å². The second-order valence-electron chi connectivity index (χ2n) is 7.01. The molecule has 0 N–H and O–H groups in total. The number of nitrogens with zero attached hydrogens (tertiary/aromatic N) is 3. The maximum Gasteiger partial charge on any atom is 0.338 e. The van der Waals surface area contributed by atoms with E-state index < -0.39 is 10.9 Å². The summed E-state index contributed by atoms with van der Waals surface area (Å²) in [6.45, 7) is 5.34. The summed E-state index contributed by atoms with van der Waals surface area (Å²) in [6.07, 6.45) is 0. The lowest BCUT2D eigenvalue weighted by Gasteiger charge is -2.35. The smallest absolute Gasteiger partial charge is 0.338 e. The molecule has 0 aromatic heterocycles. The molecule has 152 valence electrons. The van der Waals surface area contributed by atoms with Crippen molar-refractivity contribution in [1.29, 1.82) is 0 Å². The Morgan fingerprint density at radius 2 is 1.72 bits per heavy atom. The van der Waals surface area contributed by atoms with E-state index in [1.165, 1.54) is 30.4 Å². The van der Waals surface area contributed by atoms with Crippen LogP contribution >= 0.6 is 0 Å². The van der Waals surface area contributed by atoms with Crippen LogP contribution < -0.4 is 0 Å². The molecule has 0 radical (unpaired) electrons. The van der Waals surface area contributed by atoms with Gasteiger partial charge >= 0.3 is 5.97 Å². The molecule has 0 aliphatic carbocycles.